The third kappa shape index (κ3) is 2.61. The van der Waals surface area contributed by atoms with Crippen molar-refractivity contribution >= 4 is 11.9 Å². The number of carbonyl (C=O) groups is 1. The van der Waals surface area contributed by atoms with Crippen LogP contribution in [0.1, 0.15) is 16.1 Å². The highest BCUT2D eigenvalue weighted by Gasteiger charge is 2.20. The minimum Gasteiger partial charge on any atom is -0.481 e. The fraction of sp³-hybridized carbons (Fsp3) is 0.154. The lowest BCUT2D eigenvalue weighted by molar-refractivity contribution is 0.0684. The summed E-state index contributed by atoms with van der Waals surface area (Å²) in [6.07, 6.45) is 0. The number of nitrogen functional groups attached to an aromatic ring is 1. The predicted octanol–water partition coefficient (Wildman–Crippen LogP) is 0.640. The quantitative estimate of drug-likeness (QED) is 0.847. The summed E-state index contributed by atoms with van der Waals surface area (Å²) < 4.78 is 6.35. The first-order chi connectivity index (χ1) is 9.50. The maximum Gasteiger partial charge on any atom is 0.358 e. The average Bonchev–Trinajstić information content (AvgIpc) is 2.44. The highest BCUT2D eigenvalue weighted by molar-refractivity contribution is 5.88. The van der Waals surface area contributed by atoms with Crippen molar-refractivity contribution in [3.8, 4) is 5.75 Å². The molecular weight excluding hydrogens is 262 g/mol. The maximum absolute atomic E-state index is 12.0. The summed E-state index contributed by atoms with van der Waals surface area (Å²) in [5.74, 6) is -1.87. The molecule has 0 unspecified atom stereocenters. The Morgan fingerprint density at radius 3 is 2.65 bits per heavy atom. The summed E-state index contributed by atoms with van der Waals surface area (Å²) in [4.78, 5) is 26.8. The van der Waals surface area contributed by atoms with Crippen molar-refractivity contribution in [2.75, 3.05) is 5.73 Å². The molecule has 20 heavy (non-hydrogen) atoms. The number of nitrogens with two attached hydrogens (primary N) is 1. The van der Waals surface area contributed by atoms with Crippen molar-refractivity contribution in [2.24, 2.45) is 7.05 Å². The maximum atomic E-state index is 12.0. The number of aromatic nitrogens is 2. The smallest absolute Gasteiger partial charge is 0.358 e. The van der Waals surface area contributed by atoms with E-state index in [2.05, 4.69) is 4.98 Å². The first kappa shape index (κ1) is 13.6. The van der Waals surface area contributed by atoms with Gasteiger partial charge in [0.25, 0.3) is 5.56 Å². The van der Waals surface area contributed by atoms with E-state index in [0.717, 1.165) is 10.1 Å². The molecule has 0 saturated heterocycles. The molecule has 0 saturated carbocycles. The molecule has 1 heterocycles. The van der Waals surface area contributed by atoms with Gasteiger partial charge in [0.15, 0.2) is 5.69 Å². The van der Waals surface area contributed by atoms with Gasteiger partial charge in [0.2, 0.25) is 11.7 Å². The van der Waals surface area contributed by atoms with Gasteiger partial charge in [-0.25, -0.2) is 9.78 Å². The van der Waals surface area contributed by atoms with Crippen molar-refractivity contribution in [2.45, 2.75) is 6.61 Å². The second-order valence-electron chi connectivity index (χ2n) is 4.09. The van der Waals surface area contributed by atoms with Gasteiger partial charge in [0.05, 0.1) is 0 Å². The molecule has 0 radical (unpaired) electrons. The molecule has 0 aliphatic carbocycles. The minimum absolute atomic E-state index is 0.0714. The SMILES string of the molecule is Cn1c(N)nc(C(=O)O)c(OCc2ccccc2)c1=O. The van der Waals surface area contributed by atoms with Crippen molar-refractivity contribution in [1.29, 1.82) is 0 Å². The fourth-order valence-corrected chi connectivity index (χ4v) is 1.60. The van der Waals surface area contributed by atoms with E-state index < -0.39 is 17.2 Å². The van der Waals surface area contributed by atoms with Crippen LogP contribution in [0.25, 0.3) is 0 Å². The number of hydrogen-bond acceptors (Lipinski definition) is 5. The minimum atomic E-state index is -1.36. The van der Waals surface area contributed by atoms with E-state index in [1.165, 1.54) is 7.05 Å². The van der Waals surface area contributed by atoms with E-state index in [1.54, 1.807) is 12.1 Å². The second-order valence-corrected chi connectivity index (χ2v) is 4.09. The van der Waals surface area contributed by atoms with E-state index in [0.29, 0.717) is 0 Å². The number of benzene rings is 1. The molecule has 3 N–H and O–H groups in total. The number of carboxylic acid groups (broad SMARTS) is 1. The molecule has 104 valence electrons. The Bertz CT molecular complexity index is 695. The van der Waals surface area contributed by atoms with Crippen LogP contribution in [0.3, 0.4) is 0 Å². The Balaban J connectivity index is 2.38. The largest absolute Gasteiger partial charge is 0.481 e. The molecule has 0 fully saturated rings. The molecule has 1 aromatic heterocycles. The van der Waals surface area contributed by atoms with Crippen LogP contribution in [0, 0.1) is 0 Å². The molecule has 0 bridgehead atoms. The standard InChI is InChI=1S/C13H13N3O4/c1-16-11(17)10(9(12(18)19)15-13(16)14)20-7-8-5-3-2-4-6-8/h2-6H,7H2,1H3,(H2,14,15)(H,18,19). The van der Waals surface area contributed by atoms with Gasteiger partial charge >= 0.3 is 5.97 Å². The molecule has 0 aliphatic heterocycles. The molecule has 7 nitrogen and oxygen atoms in total. The summed E-state index contributed by atoms with van der Waals surface area (Å²) in [6, 6.07) is 9.08. The Morgan fingerprint density at radius 1 is 1.40 bits per heavy atom. The van der Waals surface area contributed by atoms with Crippen molar-refractivity contribution in [1.82, 2.24) is 9.55 Å². The van der Waals surface area contributed by atoms with Gasteiger partial charge in [-0.05, 0) is 5.56 Å². The number of carboxylic acids is 1. The number of ether oxygens (including phenoxy) is 1. The van der Waals surface area contributed by atoms with Crippen molar-refractivity contribution in [3.05, 3.63) is 51.9 Å². The zero-order valence-electron chi connectivity index (χ0n) is 10.7. The van der Waals surface area contributed by atoms with Gasteiger partial charge in [0, 0.05) is 7.05 Å². The third-order valence-corrected chi connectivity index (χ3v) is 2.71. The van der Waals surface area contributed by atoms with Crippen LogP contribution in [0.4, 0.5) is 5.95 Å². The number of rotatable bonds is 4. The number of hydrogen-bond donors (Lipinski definition) is 2. The Kier molecular flexibility index (Phi) is 3.69. The normalized spacial score (nSPS) is 10.2. The lowest BCUT2D eigenvalue weighted by Crippen LogP contribution is -2.26. The Hall–Kier alpha value is -2.83. The fourth-order valence-electron chi connectivity index (χ4n) is 1.60. The second kappa shape index (κ2) is 5.43. The Labute approximate surface area is 114 Å². The van der Waals surface area contributed by atoms with Crippen LogP contribution < -0.4 is 16.0 Å². The van der Waals surface area contributed by atoms with Crippen LogP contribution >= 0.6 is 0 Å². The van der Waals surface area contributed by atoms with Gasteiger partial charge in [0.1, 0.15) is 6.61 Å². The van der Waals surface area contributed by atoms with E-state index in [1.807, 2.05) is 18.2 Å². The zero-order valence-corrected chi connectivity index (χ0v) is 10.7. The highest BCUT2D eigenvalue weighted by atomic mass is 16.5. The molecule has 0 amide bonds. The first-order valence-corrected chi connectivity index (χ1v) is 5.77. The topological polar surface area (TPSA) is 107 Å². The van der Waals surface area contributed by atoms with E-state index >= 15 is 0 Å². The molecule has 1 aromatic carbocycles. The molecule has 2 aromatic rings. The van der Waals surface area contributed by atoms with Crippen LogP contribution in [0.15, 0.2) is 35.1 Å². The lowest BCUT2D eigenvalue weighted by atomic mass is 10.2. The van der Waals surface area contributed by atoms with Gasteiger partial charge in [-0.1, -0.05) is 30.3 Å². The van der Waals surface area contributed by atoms with E-state index in [9.17, 15) is 9.59 Å². The van der Waals surface area contributed by atoms with Crippen molar-refractivity contribution in [3.63, 3.8) is 0 Å². The zero-order chi connectivity index (χ0) is 14.7. The van der Waals surface area contributed by atoms with Crippen LogP contribution in [0.2, 0.25) is 0 Å². The number of nitrogens with zero attached hydrogens (tertiary/aromatic N) is 2. The van der Waals surface area contributed by atoms with Gasteiger partial charge < -0.3 is 15.6 Å². The summed E-state index contributed by atoms with van der Waals surface area (Å²) in [5, 5.41) is 9.06. The monoisotopic (exact) mass is 275 g/mol. The van der Waals surface area contributed by atoms with Gasteiger partial charge in [-0.15, -0.1) is 0 Å². The summed E-state index contributed by atoms with van der Waals surface area (Å²) in [5.41, 5.74) is 5.16. The molecule has 0 aliphatic rings. The summed E-state index contributed by atoms with van der Waals surface area (Å²) in [6.45, 7) is 0.0714. The Morgan fingerprint density at radius 2 is 2.05 bits per heavy atom. The lowest BCUT2D eigenvalue weighted by Gasteiger charge is -2.10. The summed E-state index contributed by atoms with van der Waals surface area (Å²) in [7, 11) is 1.39. The van der Waals surface area contributed by atoms with Crippen LogP contribution in [-0.2, 0) is 13.7 Å². The predicted molar refractivity (Wildman–Crippen MR) is 71.6 cm³/mol. The van der Waals surface area contributed by atoms with Crippen molar-refractivity contribution < 1.29 is 14.6 Å². The molecule has 0 spiro atoms. The first-order valence-electron chi connectivity index (χ1n) is 5.77. The third-order valence-electron chi connectivity index (χ3n) is 2.71. The molecule has 2 rings (SSSR count). The molecule has 7 heteroatoms. The number of anilines is 1. The number of aromatic carboxylic acids is 1. The summed E-state index contributed by atoms with van der Waals surface area (Å²) >= 11 is 0. The highest BCUT2D eigenvalue weighted by Crippen LogP contribution is 2.14. The van der Waals surface area contributed by atoms with Gasteiger partial charge in [-0.2, -0.15) is 0 Å². The van der Waals surface area contributed by atoms with Crippen LogP contribution in [-0.4, -0.2) is 20.6 Å². The average molecular weight is 275 g/mol. The molecular formula is C13H13N3O4. The van der Waals surface area contributed by atoms with Crippen LogP contribution in [0.5, 0.6) is 5.75 Å². The van der Waals surface area contributed by atoms with E-state index in [4.69, 9.17) is 15.6 Å². The van der Waals surface area contributed by atoms with E-state index in [-0.39, 0.29) is 18.3 Å². The van der Waals surface area contributed by atoms with Gasteiger partial charge in [-0.3, -0.25) is 9.36 Å². The molecule has 0 atom stereocenters.